The van der Waals surface area contributed by atoms with Gasteiger partial charge in [0.1, 0.15) is 5.82 Å². The largest absolute Gasteiger partial charge is 0.392 e. The van der Waals surface area contributed by atoms with Crippen molar-refractivity contribution in [3.8, 4) is 0 Å². The lowest BCUT2D eigenvalue weighted by molar-refractivity contribution is 0.208. The second-order valence-electron chi connectivity index (χ2n) is 2.97. The fourth-order valence-electron chi connectivity index (χ4n) is 0.961. The lowest BCUT2D eigenvalue weighted by atomic mass is 10.3. The van der Waals surface area contributed by atoms with Gasteiger partial charge >= 0.3 is 0 Å². The molecule has 5 heteroatoms. The Morgan fingerprint density at radius 3 is 2.36 bits per heavy atom. The Morgan fingerprint density at radius 2 is 1.93 bits per heavy atom. The highest BCUT2D eigenvalue weighted by molar-refractivity contribution is 6.39. The maximum atomic E-state index is 12.8. The zero-order valence-corrected chi connectivity index (χ0v) is 9.03. The summed E-state index contributed by atoms with van der Waals surface area (Å²) in [6, 6.07) is 2.33. The van der Waals surface area contributed by atoms with Gasteiger partial charge in [0.05, 0.1) is 21.8 Å². The predicted molar refractivity (Wildman–Crippen MR) is 56.6 cm³/mol. The number of halogens is 3. The van der Waals surface area contributed by atoms with Gasteiger partial charge in [0.2, 0.25) is 0 Å². The molecule has 0 unspecified atom stereocenters. The van der Waals surface area contributed by atoms with Gasteiger partial charge in [-0.2, -0.15) is 0 Å². The SMILES string of the molecule is C[C@@H](O)CNc1c(Cl)cc(F)cc1Cl. The first-order chi connectivity index (χ1) is 6.50. The van der Waals surface area contributed by atoms with E-state index in [-0.39, 0.29) is 10.0 Å². The van der Waals surface area contributed by atoms with Crippen LogP contribution in [0.5, 0.6) is 0 Å². The summed E-state index contributed by atoms with van der Waals surface area (Å²) in [5, 5.41) is 12.3. The second-order valence-corrected chi connectivity index (χ2v) is 3.79. The summed E-state index contributed by atoms with van der Waals surface area (Å²) in [5.74, 6) is -0.484. The van der Waals surface area contributed by atoms with Gasteiger partial charge in [0.25, 0.3) is 0 Å². The van der Waals surface area contributed by atoms with Crippen molar-refractivity contribution in [3.05, 3.63) is 28.0 Å². The molecule has 0 fully saturated rings. The minimum absolute atomic E-state index is 0.204. The Balaban J connectivity index is 2.86. The third-order valence-electron chi connectivity index (χ3n) is 1.58. The molecule has 2 N–H and O–H groups in total. The summed E-state index contributed by atoms with van der Waals surface area (Å²) < 4.78 is 12.8. The summed E-state index contributed by atoms with van der Waals surface area (Å²) in [4.78, 5) is 0. The van der Waals surface area contributed by atoms with Crippen LogP contribution in [0.1, 0.15) is 6.92 Å². The Morgan fingerprint density at radius 1 is 1.43 bits per heavy atom. The van der Waals surface area contributed by atoms with Crippen LogP contribution in [0.4, 0.5) is 10.1 Å². The molecule has 0 aliphatic heterocycles. The normalized spacial score (nSPS) is 12.6. The molecule has 0 radical (unpaired) electrons. The number of hydrogen-bond donors (Lipinski definition) is 2. The summed E-state index contributed by atoms with van der Waals surface area (Å²) in [6.07, 6.45) is -0.521. The molecule has 0 aliphatic rings. The van der Waals surface area contributed by atoms with E-state index in [1.807, 2.05) is 0 Å². The highest BCUT2D eigenvalue weighted by atomic mass is 35.5. The monoisotopic (exact) mass is 237 g/mol. The summed E-state index contributed by atoms with van der Waals surface area (Å²) in [7, 11) is 0. The lowest BCUT2D eigenvalue weighted by Gasteiger charge is -2.11. The molecule has 1 atom stereocenters. The van der Waals surface area contributed by atoms with Gasteiger partial charge in [-0.15, -0.1) is 0 Å². The number of rotatable bonds is 3. The lowest BCUT2D eigenvalue weighted by Crippen LogP contribution is -2.15. The fraction of sp³-hybridized carbons (Fsp3) is 0.333. The first-order valence-corrected chi connectivity index (χ1v) is 4.82. The van der Waals surface area contributed by atoms with Crippen molar-refractivity contribution in [2.75, 3.05) is 11.9 Å². The predicted octanol–water partition coefficient (Wildman–Crippen LogP) is 2.93. The first kappa shape index (κ1) is 11.6. The average molecular weight is 238 g/mol. The van der Waals surface area contributed by atoms with Crippen molar-refractivity contribution in [1.29, 1.82) is 0 Å². The molecular formula is C9H10Cl2FNO. The van der Waals surface area contributed by atoms with Crippen LogP contribution in [0.2, 0.25) is 10.0 Å². The standard InChI is InChI=1S/C9H10Cl2FNO/c1-5(14)4-13-9-7(10)2-6(12)3-8(9)11/h2-3,5,13-14H,4H2,1H3/t5-/m1/s1. The highest BCUT2D eigenvalue weighted by Crippen LogP contribution is 2.31. The molecule has 0 saturated heterocycles. The van der Waals surface area contributed by atoms with Crippen LogP contribution >= 0.6 is 23.2 Å². The highest BCUT2D eigenvalue weighted by Gasteiger charge is 2.08. The summed E-state index contributed by atoms with van der Waals surface area (Å²) in [5.41, 5.74) is 0.440. The van der Waals surface area contributed by atoms with Gasteiger partial charge in [-0.05, 0) is 19.1 Å². The molecule has 1 aromatic rings. The molecule has 78 valence electrons. The van der Waals surface area contributed by atoms with E-state index in [4.69, 9.17) is 28.3 Å². The molecule has 2 nitrogen and oxygen atoms in total. The number of nitrogens with one attached hydrogen (secondary N) is 1. The molecule has 0 aromatic heterocycles. The molecule has 0 spiro atoms. The smallest absolute Gasteiger partial charge is 0.126 e. The van der Waals surface area contributed by atoms with Crippen molar-refractivity contribution in [1.82, 2.24) is 0 Å². The molecule has 0 amide bonds. The van der Waals surface area contributed by atoms with E-state index in [0.29, 0.717) is 12.2 Å². The van der Waals surface area contributed by atoms with Gasteiger partial charge in [-0.1, -0.05) is 23.2 Å². The van der Waals surface area contributed by atoms with Crippen LogP contribution in [-0.4, -0.2) is 17.8 Å². The third-order valence-corrected chi connectivity index (χ3v) is 2.18. The summed E-state index contributed by atoms with van der Waals surface area (Å²) in [6.45, 7) is 1.93. The quantitative estimate of drug-likeness (QED) is 0.848. The zero-order chi connectivity index (χ0) is 10.7. The Labute approximate surface area is 91.6 Å². The van der Waals surface area contributed by atoms with Crippen LogP contribution < -0.4 is 5.32 Å². The Bertz CT molecular complexity index is 308. The van der Waals surface area contributed by atoms with E-state index in [0.717, 1.165) is 12.1 Å². The van der Waals surface area contributed by atoms with Gasteiger partial charge in [0, 0.05) is 6.54 Å². The van der Waals surface area contributed by atoms with Crippen LogP contribution in [-0.2, 0) is 0 Å². The Kier molecular flexibility index (Phi) is 3.98. The molecule has 1 aromatic carbocycles. The molecule has 0 aliphatic carbocycles. The van der Waals surface area contributed by atoms with Gasteiger partial charge in [-0.25, -0.2) is 4.39 Å². The van der Waals surface area contributed by atoms with E-state index in [1.54, 1.807) is 6.92 Å². The van der Waals surface area contributed by atoms with Crippen LogP contribution in [0.25, 0.3) is 0 Å². The maximum absolute atomic E-state index is 12.8. The minimum atomic E-state index is -0.521. The van der Waals surface area contributed by atoms with E-state index in [9.17, 15) is 4.39 Å². The first-order valence-electron chi connectivity index (χ1n) is 4.07. The Hall–Kier alpha value is -0.510. The molecule has 0 heterocycles. The van der Waals surface area contributed by atoms with Crippen LogP contribution in [0.3, 0.4) is 0 Å². The average Bonchev–Trinajstić information content (AvgIpc) is 2.01. The van der Waals surface area contributed by atoms with Gasteiger partial charge in [0.15, 0.2) is 0 Å². The van der Waals surface area contributed by atoms with Crippen molar-refractivity contribution < 1.29 is 9.50 Å². The minimum Gasteiger partial charge on any atom is -0.392 e. The van der Waals surface area contributed by atoms with Crippen molar-refractivity contribution in [3.63, 3.8) is 0 Å². The van der Waals surface area contributed by atoms with E-state index in [1.165, 1.54) is 0 Å². The molecule has 0 bridgehead atoms. The number of anilines is 1. The van der Waals surface area contributed by atoms with E-state index >= 15 is 0 Å². The number of aliphatic hydroxyl groups is 1. The molecule has 14 heavy (non-hydrogen) atoms. The van der Waals surface area contributed by atoms with Crippen molar-refractivity contribution >= 4 is 28.9 Å². The van der Waals surface area contributed by atoms with E-state index in [2.05, 4.69) is 5.32 Å². The summed E-state index contributed by atoms with van der Waals surface area (Å²) >= 11 is 11.5. The van der Waals surface area contributed by atoms with Crippen molar-refractivity contribution in [2.24, 2.45) is 0 Å². The van der Waals surface area contributed by atoms with Gasteiger partial charge < -0.3 is 10.4 Å². The number of aliphatic hydroxyl groups excluding tert-OH is 1. The van der Waals surface area contributed by atoms with Crippen LogP contribution in [0, 0.1) is 5.82 Å². The molecular weight excluding hydrogens is 228 g/mol. The maximum Gasteiger partial charge on any atom is 0.126 e. The van der Waals surface area contributed by atoms with Crippen LogP contribution in [0.15, 0.2) is 12.1 Å². The zero-order valence-electron chi connectivity index (χ0n) is 7.52. The second kappa shape index (κ2) is 4.82. The number of hydrogen-bond acceptors (Lipinski definition) is 2. The molecule has 0 saturated carbocycles. The topological polar surface area (TPSA) is 32.3 Å². The third kappa shape index (κ3) is 3.01. The number of benzene rings is 1. The molecule has 1 rings (SSSR count). The van der Waals surface area contributed by atoms with Crippen molar-refractivity contribution in [2.45, 2.75) is 13.0 Å². The fourth-order valence-corrected chi connectivity index (χ4v) is 1.55. The van der Waals surface area contributed by atoms with Gasteiger partial charge in [-0.3, -0.25) is 0 Å². The van der Waals surface area contributed by atoms with E-state index < -0.39 is 11.9 Å².